The van der Waals surface area contributed by atoms with Gasteiger partial charge >= 0.3 is 0 Å². The SMILES string of the molecule is C1=CC(c2nc(-c3ccccc3)nc(-c3ccc(-c4cc(-c5ccc6c(c5)c5ccccc5n6-c5ccccc5)cc(-c5cccc6c5sc5ccccc56)c4)cc3)n2)=CCC1.CC. The summed E-state index contributed by atoms with van der Waals surface area (Å²) in [5, 5.41) is 5.06. The molecule has 11 aromatic rings. The van der Waals surface area contributed by atoms with E-state index in [-0.39, 0.29) is 0 Å². The maximum Gasteiger partial charge on any atom is 0.164 e. The summed E-state index contributed by atoms with van der Waals surface area (Å²) >= 11 is 1.87. The number of nitrogens with zero attached hydrogens (tertiary/aromatic N) is 4. The van der Waals surface area contributed by atoms with Crippen LogP contribution in [0.3, 0.4) is 0 Å². The summed E-state index contributed by atoms with van der Waals surface area (Å²) in [7, 11) is 0. The van der Waals surface area contributed by atoms with E-state index in [0.717, 1.165) is 46.4 Å². The lowest BCUT2D eigenvalue weighted by molar-refractivity contribution is 1.01. The summed E-state index contributed by atoms with van der Waals surface area (Å²) < 4.78 is 4.98. The second kappa shape index (κ2) is 16.9. The van der Waals surface area contributed by atoms with E-state index in [2.05, 4.69) is 193 Å². The molecule has 306 valence electrons. The van der Waals surface area contributed by atoms with Crippen molar-refractivity contribution in [3.8, 4) is 61.8 Å². The minimum atomic E-state index is 0.661. The molecule has 3 aromatic heterocycles. The fraction of sp³-hybridized carbons (Fsp3) is 0.0678. The van der Waals surface area contributed by atoms with Crippen molar-refractivity contribution in [1.82, 2.24) is 19.5 Å². The second-order valence-corrected chi connectivity index (χ2v) is 16.9. The lowest BCUT2D eigenvalue weighted by atomic mass is 9.92. The number of hydrogen-bond donors (Lipinski definition) is 0. The standard InChI is InChI=1S/C57H38N4S.C2H6/c1-4-15-38(16-5-1)55-58-56(39-17-6-2-7-18-39)60-57(59-55)40-29-27-37(28-30-40)42-33-43(35-44(34-42)46-23-14-24-49-48-22-11-13-26-53(48)62-54(46)49)41-31-32-52-50(36-41)47-21-10-12-25-51(47)61(52)45-19-8-3-9-20-45;1-2/h1,3-6,8-36H,2,7H2;1-2H3. The number of aromatic nitrogens is 4. The van der Waals surface area contributed by atoms with Gasteiger partial charge in [0, 0.05) is 53.3 Å². The average molecular weight is 841 g/mol. The van der Waals surface area contributed by atoms with Gasteiger partial charge in [-0.25, -0.2) is 15.0 Å². The van der Waals surface area contributed by atoms with Gasteiger partial charge in [0.15, 0.2) is 17.5 Å². The van der Waals surface area contributed by atoms with Gasteiger partial charge in [-0.1, -0.05) is 166 Å². The first kappa shape index (κ1) is 39.1. The number of thiophene rings is 1. The van der Waals surface area contributed by atoms with Gasteiger partial charge in [-0.2, -0.15) is 0 Å². The van der Waals surface area contributed by atoms with Gasteiger partial charge in [-0.3, -0.25) is 0 Å². The van der Waals surface area contributed by atoms with Crippen LogP contribution in [0.1, 0.15) is 32.5 Å². The summed E-state index contributed by atoms with van der Waals surface area (Å²) in [4.78, 5) is 15.0. The van der Waals surface area contributed by atoms with Crippen molar-refractivity contribution in [2.75, 3.05) is 0 Å². The van der Waals surface area contributed by atoms with E-state index in [9.17, 15) is 0 Å². The van der Waals surface area contributed by atoms with Crippen molar-refractivity contribution in [1.29, 1.82) is 0 Å². The second-order valence-electron chi connectivity index (χ2n) is 15.9. The van der Waals surface area contributed by atoms with E-state index < -0.39 is 0 Å². The van der Waals surface area contributed by atoms with Crippen molar-refractivity contribution in [2.24, 2.45) is 0 Å². The molecule has 8 aromatic carbocycles. The van der Waals surface area contributed by atoms with Crippen LogP contribution in [0.4, 0.5) is 0 Å². The first-order valence-corrected chi connectivity index (χ1v) is 23.0. The summed E-state index contributed by atoms with van der Waals surface area (Å²) in [6.07, 6.45) is 8.55. The molecule has 0 saturated carbocycles. The van der Waals surface area contributed by atoms with E-state index in [1.165, 1.54) is 64.2 Å². The molecule has 1 aliphatic rings. The quantitative estimate of drug-likeness (QED) is 0.161. The van der Waals surface area contributed by atoms with Crippen LogP contribution in [0.5, 0.6) is 0 Å². The zero-order valence-electron chi connectivity index (χ0n) is 35.7. The van der Waals surface area contributed by atoms with Gasteiger partial charge in [0.05, 0.1) is 11.0 Å². The molecule has 0 unspecified atom stereocenters. The summed E-state index contributed by atoms with van der Waals surface area (Å²) in [5.41, 5.74) is 13.5. The number of rotatable bonds is 7. The predicted octanol–water partition coefficient (Wildman–Crippen LogP) is 16.4. The fourth-order valence-corrected chi connectivity index (χ4v) is 10.3. The molecular formula is C59H44N4S. The van der Waals surface area contributed by atoms with Crippen LogP contribution >= 0.6 is 11.3 Å². The molecular weight excluding hydrogens is 797 g/mol. The first-order valence-electron chi connectivity index (χ1n) is 22.2. The highest BCUT2D eigenvalue weighted by molar-refractivity contribution is 7.26. The maximum absolute atomic E-state index is 5.03. The largest absolute Gasteiger partial charge is 0.309 e. The van der Waals surface area contributed by atoms with Gasteiger partial charge in [0.1, 0.15) is 0 Å². The molecule has 0 spiro atoms. The van der Waals surface area contributed by atoms with Crippen LogP contribution in [0.15, 0.2) is 206 Å². The van der Waals surface area contributed by atoms with Crippen molar-refractivity contribution < 1.29 is 0 Å². The molecule has 0 atom stereocenters. The molecule has 0 fully saturated rings. The van der Waals surface area contributed by atoms with Crippen LogP contribution in [0.25, 0.3) is 109 Å². The lowest BCUT2D eigenvalue weighted by Crippen LogP contribution is -2.03. The van der Waals surface area contributed by atoms with Crippen LogP contribution in [-0.2, 0) is 0 Å². The molecule has 0 radical (unpaired) electrons. The Kier molecular flexibility index (Phi) is 10.3. The highest BCUT2D eigenvalue weighted by Gasteiger charge is 2.18. The summed E-state index contributed by atoms with van der Waals surface area (Å²) in [6.45, 7) is 4.00. The van der Waals surface area contributed by atoms with Crippen LogP contribution in [-0.4, -0.2) is 19.5 Å². The number of benzene rings is 8. The van der Waals surface area contributed by atoms with E-state index in [0.29, 0.717) is 17.5 Å². The molecule has 12 rings (SSSR count). The van der Waals surface area contributed by atoms with Crippen molar-refractivity contribution in [3.05, 3.63) is 212 Å². The summed E-state index contributed by atoms with van der Waals surface area (Å²) in [5.74, 6) is 2.03. The molecule has 0 amide bonds. The Balaban J connectivity index is 0.00000225. The molecule has 4 nitrogen and oxygen atoms in total. The predicted molar refractivity (Wildman–Crippen MR) is 272 cm³/mol. The van der Waals surface area contributed by atoms with Crippen molar-refractivity contribution >= 4 is 58.9 Å². The van der Waals surface area contributed by atoms with E-state index >= 15 is 0 Å². The maximum atomic E-state index is 5.03. The Morgan fingerprint density at radius 2 is 1.02 bits per heavy atom. The summed E-state index contributed by atoms with van der Waals surface area (Å²) in [6, 6.07) is 67.8. The third-order valence-electron chi connectivity index (χ3n) is 12.1. The highest BCUT2D eigenvalue weighted by atomic mass is 32.1. The minimum Gasteiger partial charge on any atom is -0.309 e. The highest BCUT2D eigenvalue weighted by Crippen LogP contribution is 2.43. The smallest absolute Gasteiger partial charge is 0.164 e. The van der Waals surface area contributed by atoms with Gasteiger partial charge in [0.25, 0.3) is 0 Å². The fourth-order valence-electron chi connectivity index (χ4n) is 9.04. The minimum absolute atomic E-state index is 0.661. The zero-order chi connectivity index (χ0) is 43.0. The number of para-hydroxylation sites is 2. The Labute approximate surface area is 377 Å². The van der Waals surface area contributed by atoms with Gasteiger partial charge in [0.2, 0.25) is 0 Å². The molecule has 0 aliphatic heterocycles. The van der Waals surface area contributed by atoms with Gasteiger partial charge < -0.3 is 4.57 Å². The number of hydrogen-bond acceptors (Lipinski definition) is 4. The van der Waals surface area contributed by atoms with Crippen molar-refractivity contribution in [3.63, 3.8) is 0 Å². The first-order chi connectivity index (χ1) is 31.7. The normalized spacial score (nSPS) is 12.4. The molecule has 64 heavy (non-hydrogen) atoms. The average Bonchev–Trinajstić information content (AvgIpc) is 3.93. The Morgan fingerprint density at radius 3 is 1.78 bits per heavy atom. The van der Waals surface area contributed by atoms with Gasteiger partial charge in [-0.05, 0) is 101 Å². The number of allylic oxidation sites excluding steroid dienone is 4. The van der Waals surface area contributed by atoms with E-state index in [4.69, 9.17) is 15.0 Å². The third kappa shape index (κ3) is 7.10. The monoisotopic (exact) mass is 840 g/mol. The Morgan fingerprint density at radius 1 is 0.422 bits per heavy atom. The number of fused-ring (bicyclic) bond motifs is 6. The zero-order valence-corrected chi connectivity index (χ0v) is 36.6. The van der Waals surface area contributed by atoms with E-state index in [1.807, 2.05) is 43.4 Å². The topological polar surface area (TPSA) is 43.6 Å². The molecule has 5 heteroatoms. The molecule has 0 N–H and O–H groups in total. The van der Waals surface area contributed by atoms with Crippen LogP contribution in [0, 0.1) is 0 Å². The Hall–Kier alpha value is -7.73. The van der Waals surface area contributed by atoms with Crippen LogP contribution < -0.4 is 0 Å². The van der Waals surface area contributed by atoms with E-state index in [1.54, 1.807) is 0 Å². The molecule has 0 saturated heterocycles. The van der Waals surface area contributed by atoms with Crippen LogP contribution in [0.2, 0.25) is 0 Å². The Bertz CT molecular complexity index is 3560. The third-order valence-corrected chi connectivity index (χ3v) is 13.3. The molecule has 3 heterocycles. The lowest BCUT2D eigenvalue weighted by Gasteiger charge is -2.13. The van der Waals surface area contributed by atoms with Gasteiger partial charge in [-0.15, -0.1) is 11.3 Å². The van der Waals surface area contributed by atoms with Crippen molar-refractivity contribution in [2.45, 2.75) is 26.7 Å². The molecule has 0 bridgehead atoms. The molecule has 1 aliphatic carbocycles.